The summed E-state index contributed by atoms with van der Waals surface area (Å²) in [5, 5.41) is 10.9. The van der Waals surface area contributed by atoms with E-state index in [1.807, 2.05) is 43.0 Å². The van der Waals surface area contributed by atoms with Gasteiger partial charge in [0, 0.05) is 50.3 Å². The minimum Gasteiger partial charge on any atom is -0.444 e. The monoisotopic (exact) mass is 585 g/mol. The Labute approximate surface area is 250 Å². The summed E-state index contributed by atoms with van der Waals surface area (Å²) in [7, 11) is 0. The van der Waals surface area contributed by atoms with E-state index in [-0.39, 0.29) is 11.8 Å². The first-order chi connectivity index (χ1) is 19.4. The zero-order valence-electron chi connectivity index (χ0n) is 25.6. The minimum atomic E-state index is -0.636. The van der Waals surface area contributed by atoms with Gasteiger partial charge in [-0.3, -0.25) is 4.79 Å². The van der Waals surface area contributed by atoms with Crippen LogP contribution in [0.5, 0.6) is 0 Å². The van der Waals surface area contributed by atoms with E-state index in [0.29, 0.717) is 31.3 Å². The SMILES string of the molecule is CCN(CC)CCNC(=S)Nc1ccc2nc(N3CCN(C(=O)[C@@H](NC(=O)OC(C)(C)C)C(C)C)CC3)ccc2c1. The van der Waals surface area contributed by atoms with Gasteiger partial charge in [-0.2, -0.15) is 0 Å². The molecule has 0 unspecified atom stereocenters. The zero-order valence-corrected chi connectivity index (χ0v) is 26.4. The summed E-state index contributed by atoms with van der Waals surface area (Å²) in [6.45, 7) is 19.8. The molecule has 226 valence electrons. The van der Waals surface area contributed by atoms with Crippen molar-refractivity contribution < 1.29 is 14.3 Å². The van der Waals surface area contributed by atoms with Crippen LogP contribution in [0, 0.1) is 5.92 Å². The Morgan fingerprint density at radius 2 is 1.76 bits per heavy atom. The van der Waals surface area contributed by atoms with Crippen LogP contribution in [0.2, 0.25) is 0 Å². The van der Waals surface area contributed by atoms with Gasteiger partial charge >= 0.3 is 6.09 Å². The van der Waals surface area contributed by atoms with Crippen LogP contribution in [0.15, 0.2) is 30.3 Å². The van der Waals surface area contributed by atoms with Crippen LogP contribution in [-0.2, 0) is 9.53 Å². The van der Waals surface area contributed by atoms with Crippen LogP contribution in [0.1, 0.15) is 48.5 Å². The second-order valence-electron chi connectivity index (χ2n) is 11.7. The van der Waals surface area contributed by atoms with E-state index >= 15 is 0 Å². The van der Waals surface area contributed by atoms with Gasteiger partial charge in [0.25, 0.3) is 0 Å². The number of hydrogen-bond donors (Lipinski definition) is 3. The number of anilines is 2. The lowest BCUT2D eigenvalue weighted by Crippen LogP contribution is -2.57. The number of ether oxygens (including phenoxy) is 1. The summed E-state index contributed by atoms with van der Waals surface area (Å²) in [5.41, 5.74) is 1.19. The maximum absolute atomic E-state index is 13.3. The lowest BCUT2D eigenvalue weighted by Gasteiger charge is -2.38. The lowest BCUT2D eigenvalue weighted by atomic mass is 10.0. The normalized spacial score (nSPS) is 14.8. The molecule has 41 heavy (non-hydrogen) atoms. The number of pyridine rings is 1. The smallest absolute Gasteiger partial charge is 0.408 e. The van der Waals surface area contributed by atoms with Crippen molar-refractivity contribution in [1.29, 1.82) is 0 Å². The minimum absolute atomic E-state index is 0.0628. The molecule has 0 radical (unpaired) electrons. The van der Waals surface area contributed by atoms with Crippen molar-refractivity contribution in [2.45, 2.75) is 60.1 Å². The fourth-order valence-corrected chi connectivity index (χ4v) is 4.93. The number of carbonyl (C=O) groups is 2. The number of aromatic nitrogens is 1. The number of nitrogens with zero attached hydrogens (tertiary/aromatic N) is 4. The molecule has 1 aromatic carbocycles. The van der Waals surface area contributed by atoms with Crippen LogP contribution in [-0.4, -0.2) is 95.9 Å². The molecular formula is C30H47N7O3S. The fourth-order valence-electron chi connectivity index (χ4n) is 4.71. The Balaban J connectivity index is 1.55. The van der Waals surface area contributed by atoms with Crippen molar-refractivity contribution in [3.05, 3.63) is 30.3 Å². The van der Waals surface area contributed by atoms with Gasteiger partial charge < -0.3 is 35.4 Å². The number of nitrogens with one attached hydrogen (secondary N) is 3. The first kappa shape index (κ1) is 32.3. The van der Waals surface area contributed by atoms with Gasteiger partial charge in [-0.15, -0.1) is 0 Å². The molecule has 1 aromatic heterocycles. The zero-order chi connectivity index (χ0) is 30.2. The topological polar surface area (TPSA) is 102 Å². The highest BCUT2D eigenvalue weighted by Crippen LogP contribution is 2.23. The summed E-state index contributed by atoms with van der Waals surface area (Å²) in [6.07, 6.45) is -0.574. The van der Waals surface area contributed by atoms with Crippen molar-refractivity contribution >= 4 is 51.7 Å². The largest absolute Gasteiger partial charge is 0.444 e. The third-order valence-electron chi connectivity index (χ3n) is 7.06. The number of benzene rings is 1. The average Bonchev–Trinajstić information content (AvgIpc) is 2.92. The molecule has 0 spiro atoms. The molecule has 1 fully saturated rings. The molecule has 0 saturated carbocycles. The van der Waals surface area contributed by atoms with Crippen LogP contribution in [0.4, 0.5) is 16.3 Å². The first-order valence-electron chi connectivity index (χ1n) is 14.6. The quantitative estimate of drug-likeness (QED) is 0.356. The Bertz CT molecular complexity index is 1190. The predicted molar refractivity (Wildman–Crippen MR) is 171 cm³/mol. The number of hydrogen-bond acceptors (Lipinski definition) is 7. The molecule has 2 heterocycles. The van der Waals surface area contributed by atoms with E-state index in [1.54, 1.807) is 20.8 Å². The van der Waals surface area contributed by atoms with Crippen molar-refractivity contribution in [2.24, 2.45) is 5.92 Å². The molecule has 1 aliphatic heterocycles. The summed E-state index contributed by atoms with van der Waals surface area (Å²) in [6, 6.07) is 9.48. The van der Waals surface area contributed by atoms with Crippen molar-refractivity contribution in [3.8, 4) is 0 Å². The van der Waals surface area contributed by atoms with Crippen molar-refractivity contribution in [3.63, 3.8) is 0 Å². The average molecular weight is 586 g/mol. The molecule has 10 nitrogen and oxygen atoms in total. The molecule has 1 aliphatic rings. The van der Waals surface area contributed by atoms with E-state index in [0.717, 1.165) is 48.6 Å². The van der Waals surface area contributed by atoms with Gasteiger partial charge in [0.15, 0.2) is 5.11 Å². The molecule has 2 aromatic rings. The van der Waals surface area contributed by atoms with E-state index in [4.69, 9.17) is 21.9 Å². The summed E-state index contributed by atoms with van der Waals surface area (Å²) < 4.78 is 5.37. The van der Waals surface area contributed by atoms with Gasteiger partial charge in [-0.25, -0.2) is 9.78 Å². The summed E-state index contributed by atoms with van der Waals surface area (Å²) in [5.74, 6) is 0.732. The molecule has 0 bridgehead atoms. The summed E-state index contributed by atoms with van der Waals surface area (Å²) in [4.78, 5) is 36.8. The molecule has 11 heteroatoms. The van der Waals surface area contributed by atoms with Crippen LogP contribution in [0.25, 0.3) is 10.9 Å². The van der Waals surface area contributed by atoms with Gasteiger partial charge in [-0.1, -0.05) is 27.7 Å². The van der Waals surface area contributed by atoms with Crippen molar-refractivity contribution in [1.82, 2.24) is 25.4 Å². The van der Waals surface area contributed by atoms with E-state index in [1.165, 1.54) is 0 Å². The number of alkyl carbamates (subject to hydrolysis) is 1. The van der Waals surface area contributed by atoms with E-state index < -0.39 is 17.7 Å². The third-order valence-corrected chi connectivity index (χ3v) is 7.31. The number of piperazine rings is 1. The maximum Gasteiger partial charge on any atom is 0.408 e. The highest BCUT2D eigenvalue weighted by atomic mass is 32.1. The Hall–Kier alpha value is -3.18. The van der Waals surface area contributed by atoms with Gasteiger partial charge in [-0.05, 0) is 82.3 Å². The predicted octanol–water partition coefficient (Wildman–Crippen LogP) is 4.06. The van der Waals surface area contributed by atoms with Gasteiger partial charge in [0.1, 0.15) is 17.5 Å². The second-order valence-corrected chi connectivity index (χ2v) is 12.1. The number of amides is 2. The highest BCUT2D eigenvalue weighted by Gasteiger charge is 2.32. The Morgan fingerprint density at radius 1 is 1.07 bits per heavy atom. The molecule has 3 rings (SSSR count). The molecule has 2 amide bonds. The van der Waals surface area contributed by atoms with E-state index in [9.17, 15) is 9.59 Å². The van der Waals surface area contributed by atoms with Crippen LogP contribution >= 0.6 is 12.2 Å². The van der Waals surface area contributed by atoms with Crippen molar-refractivity contribution in [2.75, 3.05) is 62.6 Å². The first-order valence-corrected chi connectivity index (χ1v) is 15.0. The van der Waals surface area contributed by atoms with Gasteiger partial charge in [0.05, 0.1) is 5.52 Å². The molecule has 3 N–H and O–H groups in total. The number of thiocarbonyl (C=S) groups is 1. The molecule has 1 atom stereocenters. The van der Waals surface area contributed by atoms with E-state index in [2.05, 4.69) is 45.7 Å². The van der Waals surface area contributed by atoms with Gasteiger partial charge in [0.2, 0.25) is 5.91 Å². The Kier molecular flexibility index (Phi) is 11.5. The second kappa shape index (κ2) is 14.6. The highest BCUT2D eigenvalue weighted by molar-refractivity contribution is 7.80. The third kappa shape index (κ3) is 9.71. The Morgan fingerprint density at radius 3 is 2.37 bits per heavy atom. The fraction of sp³-hybridized carbons (Fsp3) is 0.600. The van der Waals surface area contributed by atoms with Crippen LogP contribution in [0.3, 0.4) is 0 Å². The number of carbonyl (C=O) groups excluding carboxylic acids is 2. The lowest BCUT2D eigenvalue weighted by molar-refractivity contribution is -0.134. The molecular weight excluding hydrogens is 538 g/mol. The number of rotatable bonds is 10. The molecule has 0 aliphatic carbocycles. The number of likely N-dealkylation sites (N-methyl/N-ethyl adjacent to an activating group) is 1. The standard InChI is InChI=1S/C30H47N7O3S/c1-8-35(9-2)15-14-31-28(41)32-23-11-12-24-22(20-23)10-13-25(33-24)36-16-18-37(19-17-36)27(38)26(21(3)4)34-29(39)40-30(5,6)7/h10-13,20-21,26H,8-9,14-19H2,1-7H3,(H,34,39)(H2,31,32,41)/t26-/m0/s1. The maximum atomic E-state index is 13.3. The van der Waals surface area contributed by atoms with Crippen LogP contribution < -0.4 is 20.9 Å². The number of fused-ring (bicyclic) bond motifs is 1. The summed E-state index contributed by atoms with van der Waals surface area (Å²) >= 11 is 5.47. The molecule has 1 saturated heterocycles.